The third-order valence-electron chi connectivity index (χ3n) is 5.51. The highest BCUT2D eigenvalue weighted by Gasteiger charge is 2.29. The summed E-state index contributed by atoms with van der Waals surface area (Å²) in [6.07, 6.45) is 4.99. The first-order valence-electron chi connectivity index (χ1n) is 8.80. The van der Waals surface area contributed by atoms with E-state index in [1.165, 1.54) is 48.9 Å². The number of nitrogens with zero attached hydrogens (tertiary/aromatic N) is 1. The number of rotatable bonds is 2. The molecular formula is C19H24N2OS. The smallest absolute Gasteiger partial charge is 0.263 e. The molecule has 0 unspecified atom stereocenters. The van der Waals surface area contributed by atoms with Crippen LogP contribution in [0.15, 0.2) is 30.3 Å². The molecule has 3 nitrogen and oxygen atoms in total. The number of carbonyl (C=O) groups is 1. The first kappa shape index (κ1) is 15.2. The number of benzene rings is 1. The zero-order valence-corrected chi connectivity index (χ0v) is 14.3. The van der Waals surface area contributed by atoms with Crippen molar-refractivity contribution in [1.82, 2.24) is 10.2 Å². The second-order valence-electron chi connectivity index (χ2n) is 6.87. The zero-order chi connectivity index (χ0) is 15.6. The summed E-state index contributed by atoms with van der Waals surface area (Å²) in [5.41, 5.74) is 0. The van der Waals surface area contributed by atoms with Gasteiger partial charge in [-0.2, -0.15) is 0 Å². The molecule has 0 aliphatic carbocycles. The summed E-state index contributed by atoms with van der Waals surface area (Å²) in [6, 6.07) is 10.3. The van der Waals surface area contributed by atoms with Gasteiger partial charge in [0.2, 0.25) is 0 Å². The van der Waals surface area contributed by atoms with E-state index >= 15 is 0 Å². The zero-order valence-electron chi connectivity index (χ0n) is 13.5. The molecule has 4 heteroatoms. The lowest BCUT2D eigenvalue weighted by atomic mass is 9.79. The molecule has 0 bridgehead atoms. The van der Waals surface area contributed by atoms with Crippen LogP contribution >= 0.6 is 11.3 Å². The van der Waals surface area contributed by atoms with Crippen molar-refractivity contribution < 1.29 is 4.79 Å². The van der Waals surface area contributed by atoms with Crippen LogP contribution in [0.2, 0.25) is 0 Å². The van der Waals surface area contributed by atoms with E-state index in [-0.39, 0.29) is 5.91 Å². The third-order valence-corrected chi connectivity index (χ3v) is 6.62. The van der Waals surface area contributed by atoms with Gasteiger partial charge < -0.3 is 10.2 Å². The number of likely N-dealkylation sites (tertiary alicyclic amines) is 1. The molecule has 0 spiro atoms. The van der Waals surface area contributed by atoms with Crippen molar-refractivity contribution in [2.45, 2.75) is 25.7 Å². The van der Waals surface area contributed by atoms with Gasteiger partial charge in [0, 0.05) is 17.8 Å². The van der Waals surface area contributed by atoms with Crippen molar-refractivity contribution in [3.05, 3.63) is 35.2 Å². The molecule has 2 saturated heterocycles. The van der Waals surface area contributed by atoms with Gasteiger partial charge in [-0.3, -0.25) is 4.79 Å². The van der Waals surface area contributed by atoms with Gasteiger partial charge in [0.05, 0.1) is 4.88 Å². The number of fused-ring (bicyclic) bond motifs is 1. The van der Waals surface area contributed by atoms with Crippen LogP contribution in [0.4, 0.5) is 0 Å². The molecule has 23 heavy (non-hydrogen) atoms. The van der Waals surface area contributed by atoms with Crippen LogP contribution in [0.1, 0.15) is 35.4 Å². The van der Waals surface area contributed by atoms with E-state index in [0.717, 1.165) is 29.8 Å². The average Bonchev–Trinajstić information content (AvgIpc) is 3.06. The monoisotopic (exact) mass is 328 g/mol. The molecule has 0 radical (unpaired) electrons. The third kappa shape index (κ3) is 3.15. The van der Waals surface area contributed by atoms with E-state index in [9.17, 15) is 4.79 Å². The molecule has 0 atom stereocenters. The van der Waals surface area contributed by atoms with Crippen LogP contribution < -0.4 is 5.32 Å². The predicted molar refractivity (Wildman–Crippen MR) is 96.0 cm³/mol. The summed E-state index contributed by atoms with van der Waals surface area (Å²) < 4.78 is 1.21. The van der Waals surface area contributed by atoms with Crippen LogP contribution in [-0.2, 0) is 0 Å². The Kier molecular flexibility index (Phi) is 4.36. The van der Waals surface area contributed by atoms with Crippen molar-refractivity contribution in [3.63, 3.8) is 0 Å². The highest BCUT2D eigenvalue weighted by Crippen LogP contribution is 2.32. The molecule has 2 aliphatic rings. The number of thiophene rings is 1. The molecule has 1 aromatic heterocycles. The van der Waals surface area contributed by atoms with Crippen LogP contribution in [0.25, 0.3) is 10.1 Å². The summed E-state index contributed by atoms with van der Waals surface area (Å²) in [6.45, 7) is 4.21. The number of nitrogens with one attached hydrogen (secondary N) is 1. The summed E-state index contributed by atoms with van der Waals surface area (Å²) >= 11 is 1.63. The van der Waals surface area contributed by atoms with E-state index in [1.54, 1.807) is 11.3 Å². The Balaban J connectivity index is 1.40. The highest BCUT2D eigenvalue weighted by atomic mass is 32.1. The van der Waals surface area contributed by atoms with Crippen molar-refractivity contribution in [1.29, 1.82) is 0 Å². The lowest BCUT2D eigenvalue weighted by Crippen LogP contribution is -2.41. The summed E-state index contributed by atoms with van der Waals surface area (Å²) in [5, 5.41) is 4.64. The maximum Gasteiger partial charge on any atom is 0.263 e. The minimum absolute atomic E-state index is 0.231. The molecule has 2 fully saturated rings. The number of hydrogen-bond acceptors (Lipinski definition) is 3. The molecule has 3 heterocycles. The maximum atomic E-state index is 12.8. The lowest BCUT2D eigenvalue weighted by molar-refractivity contribution is 0.0647. The van der Waals surface area contributed by atoms with E-state index in [2.05, 4.69) is 28.4 Å². The first-order chi connectivity index (χ1) is 11.3. The Bertz CT molecular complexity index is 648. The number of hydrogen-bond donors (Lipinski definition) is 1. The lowest BCUT2D eigenvalue weighted by Gasteiger charge is -2.37. The van der Waals surface area contributed by atoms with Crippen molar-refractivity contribution in [2.24, 2.45) is 11.8 Å². The molecule has 1 amide bonds. The summed E-state index contributed by atoms with van der Waals surface area (Å²) in [5.74, 6) is 1.93. The Labute approximate surface area is 141 Å². The Hall–Kier alpha value is -1.39. The van der Waals surface area contributed by atoms with Gasteiger partial charge in [0.25, 0.3) is 5.91 Å². The van der Waals surface area contributed by atoms with Crippen LogP contribution in [0, 0.1) is 11.8 Å². The van der Waals surface area contributed by atoms with Gasteiger partial charge in [0.15, 0.2) is 0 Å². The Morgan fingerprint density at radius 2 is 1.74 bits per heavy atom. The van der Waals surface area contributed by atoms with Gasteiger partial charge in [-0.05, 0) is 68.1 Å². The van der Waals surface area contributed by atoms with E-state index in [1.807, 2.05) is 12.1 Å². The van der Waals surface area contributed by atoms with Crippen molar-refractivity contribution in [3.8, 4) is 0 Å². The minimum Gasteiger partial charge on any atom is -0.338 e. The molecule has 0 saturated carbocycles. The summed E-state index contributed by atoms with van der Waals surface area (Å²) in [7, 11) is 0. The number of piperidine rings is 2. The normalized spacial score (nSPS) is 21.0. The molecule has 4 rings (SSSR count). The molecule has 1 aromatic carbocycles. The minimum atomic E-state index is 0.231. The van der Waals surface area contributed by atoms with Crippen LogP contribution in [0.3, 0.4) is 0 Å². The second kappa shape index (κ2) is 6.62. The SMILES string of the molecule is O=C(c1cc2ccccc2s1)N1CCC(C2CCNCC2)CC1. The van der Waals surface area contributed by atoms with Crippen molar-refractivity contribution >= 4 is 27.3 Å². The molecule has 1 N–H and O–H groups in total. The Morgan fingerprint density at radius 1 is 1.04 bits per heavy atom. The fourth-order valence-corrected chi connectivity index (χ4v) is 5.16. The molecule has 122 valence electrons. The van der Waals surface area contributed by atoms with Gasteiger partial charge in [-0.25, -0.2) is 0 Å². The maximum absolute atomic E-state index is 12.8. The summed E-state index contributed by atoms with van der Waals surface area (Å²) in [4.78, 5) is 15.7. The number of carbonyl (C=O) groups excluding carboxylic acids is 1. The van der Waals surface area contributed by atoms with Gasteiger partial charge in [-0.15, -0.1) is 11.3 Å². The van der Waals surface area contributed by atoms with Crippen LogP contribution in [0.5, 0.6) is 0 Å². The van der Waals surface area contributed by atoms with E-state index in [0.29, 0.717) is 0 Å². The van der Waals surface area contributed by atoms with E-state index in [4.69, 9.17) is 0 Å². The Morgan fingerprint density at radius 3 is 2.48 bits per heavy atom. The van der Waals surface area contributed by atoms with Gasteiger partial charge in [-0.1, -0.05) is 18.2 Å². The molecule has 2 aromatic rings. The second-order valence-corrected chi connectivity index (χ2v) is 7.95. The average molecular weight is 328 g/mol. The molecule has 2 aliphatic heterocycles. The van der Waals surface area contributed by atoms with Crippen molar-refractivity contribution in [2.75, 3.05) is 26.2 Å². The molecular weight excluding hydrogens is 304 g/mol. The number of amides is 1. The highest BCUT2D eigenvalue weighted by molar-refractivity contribution is 7.20. The fraction of sp³-hybridized carbons (Fsp3) is 0.526. The standard InChI is InChI=1S/C19H24N2OS/c22-19(18-13-16-3-1-2-4-17(16)23-18)21-11-7-15(8-12-21)14-5-9-20-10-6-14/h1-4,13-15,20H,5-12H2. The van der Waals surface area contributed by atoms with Crippen LogP contribution in [-0.4, -0.2) is 37.0 Å². The van der Waals surface area contributed by atoms with Gasteiger partial charge >= 0.3 is 0 Å². The topological polar surface area (TPSA) is 32.3 Å². The predicted octanol–water partition coefficient (Wildman–Crippen LogP) is 3.75. The first-order valence-corrected chi connectivity index (χ1v) is 9.61. The van der Waals surface area contributed by atoms with E-state index < -0.39 is 0 Å². The quantitative estimate of drug-likeness (QED) is 0.910. The largest absolute Gasteiger partial charge is 0.338 e. The fourth-order valence-electron chi connectivity index (χ4n) is 4.13. The van der Waals surface area contributed by atoms with Gasteiger partial charge in [0.1, 0.15) is 0 Å².